The molecule has 1 aliphatic rings. The Morgan fingerprint density at radius 1 is 1.20 bits per heavy atom. The lowest BCUT2D eigenvalue weighted by molar-refractivity contribution is 0.0257. The van der Waals surface area contributed by atoms with Crippen LogP contribution in [0.15, 0.2) is 28.6 Å². The first-order chi connectivity index (χ1) is 14.2. The molecule has 30 heavy (non-hydrogen) atoms. The second-order valence-electron chi connectivity index (χ2n) is 8.29. The first-order valence-electron chi connectivity index (χ1n) is 10.2. The standard InChI is InChI=1S/C11H21NO2.C10H8N4OS/c1-11(2,3)14-10(13)12-8-6-4-5-7-9-12;1-6-12-8(5-16-6)7-4-14-9(2-3-11-14)10(15)13-7/h4-9H2,1-3H3;2-5H,1H3,(H,13,15). The van der Waals surface area contributed by atoms with Gasteiger partial charge in [0, 0.05) is 18.5 Å². The second kappa shape index (κ2) is 9.42. The number of hydrogen-bond donors (Lipinski definition) is 1. The fraction of sp³-hybridized carbons (Fsp3) is 0.524. The van der Waals surface area contributed by atoms with Gasteiger partial charge < -0.3 is 14.6 Å². The molecule has 3 aromatic rings. The number of carbonyl (C=O) groups excluding carboxylic acids is 1. The van der Waals surface area contributed by atoms with E-state index in [4.69, 9.17) is 4.74 Å². The lowest BCUT2D eigenvalue weighted by atomic mass is 10.2. The second-order valence-corrected chi connectivity index (χ2v) is 9.35. The Morgan fingerprint density at radius 2 is 1.90 bits per heavy atom. The monoisotopic (exact) mass is 431 g/mol. The number of likely N-dealkylation sites (tertiary alicyclic amines) is 1. The van der Waals surface area contributed by atoms with E-state index in [0.29, 0.717) is 11.2 Å². The number of ether oxygens (including phenoxy) is 1. The molecule has 0 aliphatic carbocycles. The van der Waals surface area contributed by atoms with E-state index in [1.807, 2.05) is 38.0 Å². The molecule has 1 fully saturated rings. The highest BCUT2D eigenvalue weighted by Crippen LogP contribution is 2.18. The molecule has 8 nitrogen and oxygen atoms in total. The van der Waals surface area contributed by atoms with Crippen LogP contribution in [-0.4, -0.2) is 49.3 Å². The molecule has 3 aromatic heterocycles. The van der Waals surface area contributed by atoms with Crippen LogP contribution in [0.25, 0.3) is 16.9 Å². The molecule has 0 atom stereocenters. The number of fused-ring (bicyclic) bond motifs is 1. The molecule has 0 saturated carbocycles. The van der Waals surface area contributed by atoms with Crippen molar-refractivity contribution in [2.75, 3.05) is 13.1 Å². The van der Waals surface area contributed by atoms with E-state index in [1.54, 1.807) is 34.3 Å². The quantitative estimate of drug-likeness (QED) is 0.622. The van der Waals surface area contributed by atoms with E-state index in [-0.39, 0.29) is 17.3 Å². The molecular weight excluding hydrogens is 402 g/mol. The number of nitrogens with zero attached hydrogens (tertiary/aromatic N) is 4. The van der Waals surface area contributed by atoms with E-state index in [2.05, 4.69) is 15.1 Å². The van der Waals surface area contributed by atoms with Crippen LogP contribution in [0, 0.1) is 6.92 Å². The van der Waals surface area contributed by atoms with Crippen molar-refractivity contribution >= 4 is 22.9 Å². The van der Waals surface area contributed by atoms with Gasteiger partial charge in [-0.15, -0.1) is 11.3 Å². The molecule has 162 valence electrons. The number of nitrogens with one attached hydrogen (secondary N) is 1. The van der Waals surface area contributed by atoms with Gasteiger partial charge in [0.05, 0.1) is 28.8 Å². The summed E-state index contributed by atoms with van der Waals surface area (Å²) < 4.78 is 6.88. The van der Waals surface area contributed by atoms with Gasteiger partial charge in [-0.1, -0.05) is 12.8 Å². The Labute approximate surface area is 179 Å². The van der Waals surface area contributed by atoms with Gasteiger partial charge in [0.2, 0.25) is 0 Å². The number of hydrogen-bond acceptors (Lipinski definition) is 6. The zero-order valence-electron chi connectivity index (χ0n) is 18.0. The predicted octanol–water partition coefficient (Wildman–Crippen LogP) is 4.25. The lowest BCUT2D eigenvalue weighted by Gasteiger charge is -2.26. The zero-order chi connectivity index (χ0) is 21.7. The largest absolute Gasteiger partial charge is 0.444 e. The minimum Gasteiger partial charge on any atom is -0.444 e. The van der Waals surface area contributed by atoms with Gasteiger partial charge in [0.15, 0.2) is 0 Å². The molecule has 1 N–H and O–H groups in total. The highest BCUT2D eigenvalue weighted by molar-refractivity contribution is 7.09. The highest BCUT2D eigenvalue weighted by Gasteiger charge is 2.22. The number of H-pyrrole nitrogens is 1. The summed E-state index contributed by atoms with van der Waals surface area (Å²) in [6.45, 7) is 9.36. The maximum Gasteiger partial charge on any atom is 0.410 e. The normalized spacial score (nSPS) is 14.7. The topological polar surface area (TPSA) is 92.6 Å². The lowest BCUT2D eigenvalue weighted by Crippen LogP contribution is -2.37. The van der Waals surface area contributed by atoms with Gasteiger partial charge in [-0.25, -0.2) is 14.3 Å². The molecule has 1 aliphatic heterocycles. The highest BCUT2D eigenvalue weighted by atomic mass is 32.1. The van der Waals surface area contributed by atoms with Crippen LogP contribution in [-0.2, 0) is 4.74 Å². The average molecular weight is 432 g/mol. The molecule has 9 heteroatoms. The third kappa shape index (κ3) is 5.91. The average Bonchev–Trinajstić information content (AvgIpc) is 3.22. The van der Waals surface area contributed by atoms with Gasteiger partial charge >= 0.3 is 6.09 Å². The van der Waals surface area contributed by atoms with Crippen LogP contribution in [0.1, 0.15) is 51.5 Å². The van der Waals surface area contributed by atoms with Gasteiger partial charge in [-0.3, -0.25) is 4.79 Å². The van der Waals surface area contributed by atoms with Crippen LogP contribution in [0.5, 0.6) is 0 Å². The first-order valence-corrected chi connectivity index (χ1v) is 11.1. The van der Waals surface area contributed by atoms with E-state index in [9.17, 15) is 9.59 Å². The summed E-state index contributed by atoms with van der Waals surface area (Å²) in [6, 6.07) is 1.68. The third-order valence-electron chi connectivity index (χ3n) is 4.56. The van der Waals surface area contributed by atoms with Crippen LogP contribution >= 0.6 is 11.3 Å². The van der Waals surface area contributed by atoms with Crippen molar-refractivity contribution in [3.8, 4) is 11.4 Å². The van der Waals surface area contributed by atoms with Crippen molar-refractivity contribution in [3.05, 3.63) is 39.2 Å². The Balaban J connectivity index is 0.000000173. The van der Waals surface area contributed by atoms with Crippen molar-refractivity contribution in [2.45, 2.75) is 59.0 Å². The van der Waals surface area contributed by atoms with E-state index < -0.39 is 0 Å². The summed E-state index contributed by atoms with van der Waals surface area (Å²) in [4.78, 5) is 32.3. The summed E-state index contributed by atoms with van der Waals surface area (Å²) in [5.74, 6) is 0. The molecule has 0 aromatic carbocycles. The van der Waals surface area contributed by atoms with Crippen LogP contribution in [0.4, 0.5) is 4.79 Å². The number of amides is 1. The molecule has 1 saturated heterocycles. The summed E-state index contributed by atoms with van der Waals surface area (Å²) >= 11 is 1.55. The van der Waals surface area contributed by atoms with Crippen LogP contribution in [0.3, 0.4) is 0 Å². The first kappa shape index (κ1) is 22.0. The fourth-order valence-corrected chi connectivity index (χ4v) is 3.75. The number of aromatic amines is 1. The maximum absolute atomic E-state index is 11.7. The van der Waals surface area contributed by atoms with Crippen molar-refractivity contribution in [3.63, 3.8) is 0 Å². The number of thiazole rings is 1. The number of rotatable bonds is 1. The third-order valence-corrected chi connectivity index (χ3v) is 5.33. The molecule has 0 spiro atoms. The maximum atomic E-state index is 11.7. The molecular formula is C21H29N5O3S. The van der Waals surface area contributed by atoms with Gasteiger partial charge in [0.1, 0.15) is 11.1 Å². The van der Waals surface area contributed by atoms with Crippen LogP contribution in [0.2, 0.25) is 0 Å². The minimum absolute atomic E-state index is 0.152. The number of aryl methyl sites for hydroxylation is 1. The van der Waals surface area contributed by atoms with Gasteiger partial charge in [0.25, 0.3) is 5.56 Å². The molecule has 4 rings (SSSR count). The summed E-state index contributed by atoms with van der Waals surface area (Å²) in [5.41, 5.74) is 1.47. The molecule has 1 amide bonds. The van der Waals surface area contributed by atoms with Crippen molar-refractivity contribution in [1.82, 2.24) is 24.5 Å². The van der Waals surface area contributed by atoms with E-state index in [0.717, 1.165) is 36.6 Å². The molecule has 4 heterocycles. The van der Waals surface area contributed by atoms with Gasteiger partial charge in [-0.05, 0) is 46.6 Å². The van der Waals surface area contributed by atoms with Crippen molar-refractivity contribution < 1.29 is 9.53 Å². The van der Waals surface area contributed by atoms with Crippen LogP contribution < -0.4 is 5.56 Å². The Morgan fingerprint density at radius 3 is 2.50 bits per heavy atom. The van der Waals surface area contributed by atoms with Crippen molar-refractivity contribution in [1.29, 1.82) is 0 Å². The summed E-state index contributed by atoms with van der Waals surface area (Å²) in [5, 5.41) is 6.93. The predicted molar refractivity (Wildman–Crippen MR) is 118 cm³/mol. The molecule has 0 bridgehead atoms. The Kier molecular flexibility index (Phi) is 6.91. The van der Waals surface area contributed by atoms with E-state index in [1.165, 1.54) is 12.8 Å². The fourth-order valence-electron chi connectivity index (χ4n) is 3.13. The number of aromatic nitrogens is 4. The SMILES string of the molecule is CC(C)(C)OC(=O)N1CCCCCC1.Cc1nc(-c2cn3nccc3c(=O)[nH]2)cs1. The minimum atomic E-state index is -0.372. The van der Waals surface area contributed by atoms with E-state index >= 15 is 0 Å². The molecule has 0 radical (unpaired) electrons. The Bertz CT molecular complexity index is 1040. The smallest absolute Gasteiger partial charge is 0.410 e. The van der Waals surface area contributed by atoms with Gasteiger partial charge in [-0.2, -0.15) is 5.10 Å². The molecule has 0 unspecified atom stereocenters. The Hall–Kier alpha value is -2.68. The number of carbonyl (C=O) groups is 1. The summed E-state index contributed by atoms with van der Waals surface area (Å²) in [6.07, 6.45) is 7.91. The summed E-state index contributed by atoms with van der Waals surface area (Å²) in [7, 11) is 0. The zero-order valence-corrected chi connectivity index (χ0v) is 18.8. The van der Waals surface area contributed by atoms with Crippen molar-refractivity contribution in [2.24, 2.45) is 0 Å².